The van der Waals surface area contributed by atoms with Gasteiger partial charge in [0.05, 0.1) is 19.1 Å². The van der Waals surface area contributed by atoms with Gasteiger partial charge in [-0.3, -0.25) is 9.59 Å². The molecule has 1 aromatic rings. The number of carbonyl (C=O) groups excluding carboxylic acids is 1. The first-order valence-corrected chi connectivity index (χ1v) is 5.75. The number of nitrogens with zero attached hydrogens (tertiary/aromatic N) is 1. The van der Waals surface area contributed by atoms with Crippen LogP contribution < -0.4 is 0 Å². The van der Waals surface area contributed by atoms with Gasteiger partial charge < -0.3 is 19.2 Å². The standard InChI is InChI=1S/C12H15NO5/c1-8-2-3-10(18-8)12(16)13-4-5-17-9(7-13)6-11(14)15/h2-3,9H,4-7H2,1H3,(H,14,15)/t9-/m1/s1. The van der Waals surface area contributed by atoms with E-state index in [1.54, 1.807) is 24.0 Å². The molecule has 1 aliphatic heterocycles. The average molecular weight is 253 g/mol. The van der Waals surface area contributed by atoms with Crippen LogP contribution in [0.3, 0.4) is 0 Å². The zero-order chi connectivity index (χ0) is 13.1. The molecular weight excluding hydrogens is 238 g/mol. The third-order valence-corrected chi connectivity index (χ3v) is 2.78. The molecule has 0 bridgehead atoms. The van der Waals surface area contributed by atoms with E-state index >= 15 is 0 Å². The van der Waals surface area contributed by atoms with Crippen LogP contribution in [0.4, 0.5) is 0 Å². The minimum atomic E-state index is -0.928. The first-order chi connectivity index (χ1) is 8.56. The topological polar surface area (TPSA) is 80.0 Å². The fourth-order valence-corrected chi connectivity index (χ4v) is 1.93. The lowest BCUT2D eigenvalue weighted by Crippen LogP contribution is -2.46. The van der Waals surface area contributed by atoms with Crippen molar-refractivity contribution in [3.63, 3.8) is 0 Å². The molecule has 0 radical (unpaired) electrons. The summed E-state index contributed by atoms with van der Waals surface area (Å²) in [6.45, 7) is 2.85. The number of amides is 1. The van der Waals surface area contributed by atoms with E-state index in [1.165, 1.54) is 0 Å². The molecule has 2 rings (SSSR count). The first kappa shape index (κ1) is 12.6. The maximum atomic E-state index is 12.1. The van der Waals surface area contributed by atoms with Crippen molar-refractivity contribution in [1.82, 2.24) is 4.90 Å². The van der Waals surface area contributed by atoms with Crippen LogP contribution in [-0.4, -0.2) is 47.7 Å². The van der Waals surface area contributed by atoms with Crippen LogP contribution >= 0.6 is 0 Å². The molecule has 0 saturated carbocycles. The van der Waals surface area contributed by atoms with Crippen LogP contribution in [0.5, 0.6) is 0 Å². The summed E-state index contributed by atoms with van der Waals surface area (Å²) in [6, 6.07) is 3.35. The van der Waals surface area contributed by atoms with E-state index in [-0.39, 0.29) is 24.6 Å². The SMILES string of the molecule is Cc1ccc(C(=O)N2CCO[C@H](CC(=O)O)C2)o1. The summed E-state index contributed by atoms with van der Waals surface area (Å²) in [5.41, 5.74) is 0. The molecule has 6 heteroatoms. The van der Waals surface area contributed by atoms with E-state index in [1.807, 2.05) is 0 Å². The van der Waals surface area contributed by atoms with Crippen molar-refractivity contribution in [2.24, 2.45) is 0 Å². The molecular formula is C12H15NO5. The first-order valence-electron chi connectivity index (χ1n) is 5.75. The number of carbonyl (C=O) groups is 2. The fourth-order valence-electron chi connectivity index (χ4n) is 1.93. The lowest BCUT2D eigenvalue weighted by molar-refractivity contribution is -0.141. The minimum absolute atomic E-state index is 0.0963. The zero-order valence-corrected chi connectivity index (χ0v) is 10.1. The number of morpholine rings is 1. The van der Waals surface area contributed by atoms with E-state index in [2.05, 4.69) is 0 Å². The minimum Gasteiger partial charge on any atom is -0.481 e. The number of hydrogen-bond acceptors (Lipinski definition) is 4. The number of hydrogen-bond donors (Lipinski definition) is 1. The monoisotopic (exact) mass is 253 g/mol. The van der Waals surface area contributed by atoms with E-state index in [9.17, 15) is 9.59 Å². The van der Waals surface area contributed by atoms with Gasteiger partial charge in [0.2, 0.25) is 0 Å². The highest BCUT2D eigenvalue weighted by Crippen LogP contribution is 2.14. The second kappa shape index (κ2) is 5.22. The van der Waals surface area contributed by atoms with Crippen LogP contribution in [0.15, 0.2) is 16.5 Å². The highest BCUT2D eigenvalue weighted by atomic mass is 16.5. The van der Waals surface area contributed by atoms with Gasteiger partial charge in [0.15, 0.2) is 5.76 Å². The molecule has 1 aliphatic rings. The summed E-state index contributed by atoms with van der Waals surface area (Å²) in [7, 11) is 0. The Kier molecular flexibility index (Phi) is 3.66. The Morgan fingerprint density at radius 2 is 2.28 bits per heavy atom. The van der Waals surface area contributed by atoms with Crippen LogP contribution in [-0.2, 0) is 9.53 Å². The molecule has 18 heavy (non-hydrogen) atoms. The quantitative estimate of drug-likeness (QED) is 0.865. The molecule has 6 nitrogen and oxygen atoms in total. The van der Waals surface area contributed by atoms with E-state index in [4.69, 9.17) is 14.3 Å². The second-order valence-corrected chi connectivity index (χ2v) is 4.25. The van der Waals surface area contributed by atoms with Gasteiger partial charge in [0.25, 0.3) is 5.91 Å². The molecule has 1 N–H and O–H groups in total. The highest BCUT2D eigenvalue weighted by Gasteiger charge is 2.27. The molecule has 2 heterocycles. The summed E-state index contributed by atoms with van der Waals surface area (Å²) >= 11 is 0. The van der Waals surface area contributed by atoms with Gasteiger partial charge in [-0.15, -0.1) is 0 Å². The largest absolute Gasteiger partial charge is 0.481 e. The second-order valence-electron chi connectivity index (χ2n) is 4.25. The molecule has 0 unspecified atom stereocenters. The summed E-state index contributed by atoms with van der Waals surface area (Å²) in [5, 5.41) is 8.71. The summed E-state index contributed by atoms with van der Waals surface area (Å²) < 4.78 is 10.6. The van der Waals surface area contributed by atoms with Crippen LogP contribution in [0.25, 0.3) is 0 Å². The maximum absolute atomic E-state index is 12.1. The Labute approximate surface area is 104 Å². The van der Waals surface area contributed by atoms with Crippen LogP contribution in [0.2, 0.25) is 0 Å². The molecule has 1 fully saturated rings. The van der Waals surface area contributed by atoms with E-state index in [0.29, 0.717) is 18.9 Å². The van der Waals surface area contributed by atoms with Crippen molar-refractivity contribution in [1.29, 1.82) is 0 Å². The lowest BCUT2D eigenvalue weighted by atomic mass is 10.2. The Bertz CT molecular complexity index is 453. The summed E-state index contributed by atoms with van der Waals surface area (Å²) in [4.78, 5) is 24.3. The van der Waals surface area contributed by atoms with Gasteiger partial charge in [0, 0.05) is 13.1 Å². The predicted octanol–water partition coefficient (Wildman–Crippen LogP) is 0.904. The fraction of sp³-hybridized carbons (Fsp3) is 0.500. The number of ether oxygens (including phenoxy) is 1. The van der Waals surface area contributed by atoms with E-state index < -0.39 is 12.1 Å². The normalized spacial score (nSPS) is 19.8. The Hall–Kier alpha value is -1.82. The third kappa shape index (κ3) is 2.89. The number of carboxylic acids is 1. The van der Waals surface area contributed by atoms with Crippen molar-refractivity contribution in [2.45, 2.75) is 19.4 Å². The van der Waals surface area contributed by atoms with Gasteiger partial charge in [-0.1, -0.05) is 0 Å². The number of furan rings is 1. The number of aliphatic carboxylic acids is 1. The van der Waals surface area contributed by atoms with Crippen molar-refractivity contribution in [2.75, 3.05) is 19.7 Å². The number of carboxylic acid groups (broad SMARTS) is 1. The Morgan fingerprint density at radius 3 is 2.89 bits per heavy atom. The molecule has 0 aromatic carbocycles. The van der Waals surface area contributed by atoms with Crippen molar-refractivity contribution >= 4 is 11.9 Å². The number of rotatable bonds is 3. The van der Waals surface area contributed by atoms with Gasteiger partial charge in [0.1, 0.15) is 5.76 Å². The molecule has 1 amide bonds. The van der Waals surface area contributed by atoms with Gasteiger partial charge in [-0.25, -0.2) is 0 Å². The van der Waals surface area contributed by atoms with Gasteiger partial charge in [-0.05, 0) is 19.1 Å². The van der Waals surface area contributed by atoms with Crippen molar-refractivity contribution in [3.05, 3.63) is 23.7 Å². The smallest absolute Gasteiger partial charge is 0.306 e. The van der Waals surface area contributed by atoms with Crippen molar-refractivity contribution in [3.8, 4) is 0 Å². The average Bonchev–Trinajstić information content (AvgIpc) is 2.74. The van der Waals surface area contributed by atoms with Crippen LogP contribution in [0.1, 0.15) is 22.7 Å². The Balaban J connectivity index is 2.00. The molecule has 1 aromatic heterocycles. The molecule has 1 atom stereocenters. The lowest BCUT2D eigenvalue weighted by Gasteiger charge is -2.31. The van der Waals surface area contributed by atoms with Crippen LogP contribution in [0, 0.1) is 6.92 Å². The molecule has 1 saturated heterocycles. The molecule has 0 aliphatic carbocycles. The summed E-state index contributed by atoms with van der Waals surface area (Å²) in [5.74, 6) is -0.192. The van der Waals surface area contributed by atoms with E-state index in [0.717, 1.165) is 0 Å². The molecule has 0 spiro atoms. The zero-order valence-electron chi connectivity index (χ0n) is 10.1. The van der Waals surface area contributed by atoms with Gasteiger partial charge >= 0.3 is 5.97 Å². The predicted molar refractivity (Wildman–Crippen MR) is 61.3 cm³/mol. The molecule has 98 valence electrons. The summed E-state index contributed by atoms with van der Waals surface area (Å²) in [6.07, 6.45) is -0.544. The van der Waals surface area contributed by atoms with Crippen molar-refractivity contribution < 1.29 is 23.8 Å². The third-order valence-electron chi connectivity index (χ3n) is 2.78. The highest BCUT2D eigenvalue weighted by molar-refractivity contribution is 5.91. The van der Waals surface area contributed by atoms with Gasteiger partial charge in [-0.2, -0.15) is 0 Å². The Morgan fingerprint density at radius 1 is 1.50 bits per heavy atom. The number of aryl methyl sites for hydroxylation is 1. The maximum Gasteiger partial charge on any atom is 0.306 e.